The van der Waals surface area contributed by atoms with Crippen molar-refractivity contribution in [1.82, 2.24) is 15.1 Å². The molecule has 4 rings (SSSR count). The standard InChI is InChI=1S/C19H25N3O4/c1-13-16(5-9-25-13)19(23)20-10-17-18-15(4-8-26-17)12-22(21-18)11-14-2-6-24-7-3-14/h5,9,12,14,17H,2-4,6-8,10-11H2,1H3,(H,20,23)/t17-/m1/s1. The van der Waals surface area contributed by atoms with Crippen LogP contribution >= 0.6 is 0 Å². The number of furan rings is 1. The number of hydrogen-bond donors (Lipinski definition) is 1. The minimum Gasteiger partial charge on any atom is -0.469 e. The zero-order chi connectivity index (χ0) is 17.9. The number of carbonyl (C=O) groups is 1. The molecule has 1 saturated heterocycles. The Morgan fingerprint density at radius 1 is 1.35 bits per heavy atom. The Morgan fingerprint density at radius 3 is 2.96 bits per heavy atom. The van der Waals surface area contributed by atoms with Gasteiger partial charge < -0.3 is 19.2 Å². The van der Waals surface area contributed by atoms with Gasteiger partial charge in [-0.15, -0.1) is 0 Å². The lowest BCUT2D eigenvalue weighted by atomic mass is 10.0. The SMILES string of the molecule is Cc1occc1C(=O)NC[C@H]1OCCc2cn(CC3CCOCC3)nc21. The van der Waals surface area contributed by atoms with Crippen LogP contribution in [0, 0.1) is 12.8 Å². The first-order chi connectivity index (χ1) is 12.7. The quantitative estimate of drug-likeness (QED) is 0.886. The predicted molar refractivity (Wildman–Crippen MR) is 93.9 cm³/mol. The van der Waals surface area contributed by atoms with Crippen molar-refractivity contribution >= 4 is 5.91 Å². The Hall–Kier alpha value is -2.12. The number of ether oxygens (including phenoxy) is 2. The van der Waals surface area contributed by atoms with Gasteiger partial charge in [-0.3, -0.25) is 9.48 Å². The highest BCUT2D eigenvalue weighted by Gasteiger charge is 2.26. The number of nitrogens with one attached hydrogen (secondary N) is 1. The third-order valence-corrected chi connectivity index (χ3v) is 5.20. The fourth-order valence-electron chi connectivity index (χ4n) is 3.68. The second-order valence-corrected chi connectivity index (χ2v) is 7.03. The second-order valence-electron chi connectivity index (χ2n) is 7.03. The molecule has 2 aliphatic rings. The van der Waals surface area contributed by atoms with Gasteiger partial charge in [0.1, 0.15) is 11.9 Å². The molecule has 0 saturated carbocycles. The number of nitrogens with zero attached hydrogens (tertiary/aromatic N) is 2. The Bertz CT molecular complexity index is 761. The van der Waals surface area contributed by atoms with Crippen LogP contribution in [0.2, 0.25) is 0 Å². The minimum absolute atomic E-state index is 0.145. The molecular formula is C19H25N3O4. The third kappa shape index (κ3) is 3.68. The summed E-state index contributed by atoms with van der Waals surface area (Å²) in [6.07, 6.45) is 6.51. The van der Waals surface area contributed by atoms with Crippen molar-refractivity contribution in [2.75, 3.05) is 26.4 Å². The zero-order valence-electron chi connectivity index (χ0n) is 15.1. The number of aryl methyl sites for hydroxylation is 1. The summed E-state index contributed by atoms with van der Waals surface area (Å²) >= 11 is 0. The zero-order valence-corrected chi connectivity index (χ0v) is 15.1. The molecule has 0 aromatic carbocycles. The van der Waals surface area contributed by atoms with E-state index in [2.05, 4.69) is 11.5 Å². The van der Waals surface area contributed by atoms with Crippen molar-refractivity contribution in [1.29, 1.82) is 0 Å². The van der Waals surface area contributed by atoms with Gasteiger partial charge in [-0.05, 0) is 43.7 Å². The number of aromatic nitrogens is 2. The lowest BCUT2D eigenvalue weighted by Gasteiger charge is -2.22. The molecule has 1 fully saturated rings. The van der Waals surface area contributed by atoms with E-state index in [-0.39, 0.29) is 12.0 Å². The van der Waals surface area contributed by atoms with E-state index in [1.165, 1.54) is 11.8 Å². The summed E-state index contributed by atoms with van der Waals surface area (Å²) in [5, 5.41) is 7.70. The molecule has 1 N–H and O–H groups in total. The van der Waals surface area contributed by atoms with Gasteiger partial charge in [-0.2, -0.15) is 5.10 Å². The predicted octanol–water partition coefficient (Wildman–Crippen LogP) is 2.25. The van der Waals surface area contributed by atoms with Crippen LogP contribution in [0.3, 0.4) is 0 Å². The fraction of sp³-hybridized carbons (Fsp3) is 0.579. The monoisotopic (exact) mass is 359 g/mol. The lowest BCUT2D eigenvalue weighted by molar-refractivity contribution is 0.0379. The van der Waals surface area contributed by atoms with Crippen LogP contribution in [-0.2, 0) is 22.4 Å². The van der Waals surface area contributed by atoms with Crippen LogP contribution in [0.4, 0.5) is 0 Å². The molecule has 2 aliphatic heterocycles. The summed E-state index contributed by atoms with van der Waals surface area (Å²) in [5.41, 5.74) is 2.74. The van der Waals surface area contributed by atoms with E-state index in [1.54, 1.807) is 13.0 Å². The molecule has 140 valence electrons. The summed E-state index contributed by atoms with van der Waals surface area (Å²) in [4.78, 5) is 12.3. The summed E-state index contributed by atoms with van der Waals surface area (Å²) in [6.45, 7) is 5.45. The maximum absolute atomic E-state index is 12.3. The third-order valence-electron chi connectivity index (χ3n) is 5.20. The average molecular weight is 359 g/mol. The molecule has 0 bridgehead atoms. The fourth-order valence-corrected chi connectivity index (χ4v) is 3.68. The van der Waals surface area contributed by atoms with Crippen LogP contribution in [0.25, 0.3) is 0 Å². The van der Waals surface area contributed by atoms with Gasteiger partial charge in [0.15, 0.2) is 0 Å². The highest BCUT2D eigenvalue weighted by atomic mass is 16.5. The maximum atomic E-state index is 12.3. The lowest BCUT2D eigenvalue weighted by Crippen LogP contribution is -2.32. The van der Waals surface area contributed by atoms with Crippen molar-refractivity contribution in [2.45, 2.75) is 38.8 Å². The van der Waals surface area contributed by atoms with Gasteiger partial charge >= 0.3 is 0 Å². The second kappa shape index (κ2) is 7.63. The van der Waals surface area contributed by atoms with Crippen molar-refractivity contribution in [3.8, 4) is 0 Å². The summed E-state index contributed by atoms with van der Waals surface area (Å²) in [7, 11) is 0. The van der Waals surface area contributed by atoms with Gasteiger partial charge in [-0.1, -0.05) is 0 Å². The smallest absolute Gasteiger partial charge is 0.254 e. The van der Waals surface area contributed by atoms with Gasteiger partial charge in [0, 0.05) is 32.5 Å². The molecular weight excluding hydrogens is 334 g/mol. The Labute approximate surface area is 152 Å². The summed E-state index contributed by atoms with van der Waals surface area (Å²) in [6, 6.07) is 1.68. The molecule has 1 amide bonds. The highest BCUT2D eigenvalue weighted by Crippen LogP contribution is 2.26. The van der Waals surface area contributed by atoms with E-state index >= 15 is 0 Å². The van der Waals surface area contributed by atoms with E-state index in [1.807, 2.05) is 4.68 Å². The van der Waals surface area contributed by atoms with Gasteiger partial charge in [-0.25, -0.2) is 0 Å². The van der Waals surface area contributed by atoms with E-state index < -0.39 is 0 Å². The Morgan fingerprint density at radius 2 is 2.19 bits per heavy atom. The normalized spacial score (nSPS) is 20.7. The van der Waals surface area contributed by atoms with Gasteiger partial charge in [0.05, 0.1) is 24.1 Å². The van der Waals surface area contributed by atoms with Crippen molar-refractivity contribution in [2.24, 2.45) is 5.92 Å². The molecule has 1 atom stereocenters. The molecule has 0 unspecified atom stereocenters. The molecule has 0 spiro atoms. The highest BCUT2D eigenvalue weighted by molar-refractivity contribution is 5.95. The van der Waals surface area contributed by atoms with Crippen LogP contribution < -0.4 is 5.32 Å². The van der Waals surface area contributed by atoms with Crippen LogP contribution in [0.15, 0.2) is 22.9 Å². The van der Waals surface area contributed by atoms with Gasteiger partial charge in [0.2, 0.25) is 0 Å². The van der Waals surface area contributed by atoms with E-state index in [4.69, 9.17) is 19.0 Å². The van der Waals surface area contributed by atoms with Crippen LogP contribution in [0.1, 0.15) is 46.3 Å². The van der Waals surface area contributed by atoms with E-state index in [9.17, 15) is 4.79 Å². The van der Waals surface area contributed by atoms with Crippen molar-refractivity contribution in [3.05, 3.63) is 41.1 Å². The van der Waals surface area contributed by atoms with Crippen molar-refractivity contribution in [3.63, 3.8) is 0 Å². The molecule has 7 heteroatoms. The minimum atomic E-state index is -0.203. The Balaban J connectivity index is 1.40. The molecule has 0 aliphatic carbocycles. The first kappa shape index (κ1) is 17.3. The number of rotatable bonds is 5. The van der Waals surface area contributed by atoms with Crippen molar-refractivity contribution < 1.29 is 18.7 Å². The summed E-state index contributed by atoms with van der Waals surface area (Å²) < 4.78 is 18.5. The number of amides is 1. The van der Waals surface area contributed by atoms with E-state index in [0.29, 0.717) is 30.4 Å². The average Bonchev–Trinajstić information content (AvgIpc) is 3.26. The largest absolute Gasteiger partial charge is 0.469 e. The first-order valence-electron chi connectivity index (χ1n) is 9.28. The van der Waals surface area contributed by atoms with Crippen LogP contribution in [-0.4, -0.2) is 42.1 Å². The number of hydrogen-bond acceptors (Lipinski definition) is 5. The number of carbonyl (C=O) groups excluding carboxylic acids is 1. The van der Waals surface area contributed by atoms with Crippen LogP contribution in [0.5, 0.6) is 0 Å². The molecule has 0 radical (unpaired) electrons. The topological polar surface area (TPSA) is 78.5 Å². The molecule has 2 aromatic heterocycles. The Kier molecular flexibility index (Phi) is 5.08. The molecule has 7 nitrogen and oxygen atoms in total. The molecule has 2 aromatic rings. The molecule has 26 heavy (non-hydrogen) atoms. The maximum Gasteiger partial charge on any atom is 0.254 e. The number of fused-ring (bicyclic) bond motifs is 1. The van der Waals surface area contributed by atoms with E-state index in [0.717, 1.165) is 44.7 Å². The van der Waals surface area contributed by atoms with Gasteiger partial charge in [0.25, 0.3) is 5.91 Å². The first-order valence-corrected chi connectivity index (χ1v) is 9.28. The molecule has 4 heterocycles. The summed E-state index contributed by atoms with van der Waals surface area (Å²) in [5.74, 6) is 1.09.